The quantitative estimate of drug-likeness (QED) is 0.856. The van der Waals surface area contributed by atoms with E-state index in [2.05, 4.69) is 30.8 Å². The lowest BCUT2D eigenvalue weighted by Gasteiger charge is -2.14. The van der Waals surface area contributed by atoms with Gasteiger partial charge in [0.1, 0.15) is 4.21 Å². The molecule has 0 amide bonds. The van der Waals surface area contributed by atoms with E-state index in [0.717, 1.165) is 15.0 Å². The van der Waals surface area contributed by atoms with Gasteiger partial charge in [0.25, 0.3) is 10.0 Å². The fourth-order valence-electron chi connectivity index (χ4n) is 1.51. The van der Waals surface area contributed by atoms with Crippen LogP contribution in [0.25, 0.3) is 0 Å². The molecule has 0 saturated heterocycles. The molecule has 2 heterocycles. The molecule has 2 aromatic rings. The Labute approximate surface area is 131 Å². The van der Waals surface area contributed by atoms with Crippen molar-refractivity contribution in [2.24, 2.45) is 0 Å². The van der Waals surface area contributed by atoms with Crippen molar-refractivity contribution in [1.82, 2.24) is 10.2 Å². The average Bonchev–Trinajstić information content (AvgIpc) is 2.86. The fourth-order valence-corrected chi connectivity index (χ4v) is 4.73. The summed E-state index contributed by atoms with van der Waals surface area (Å²) < 4.78 is 28.1. The Morgan fingerprint density at radius 1 is 1.35 bits per heavy atom. The molecule has 0 saturated carbocycles. The Morgan fingerprint density at radius 2 is 2.00 bits per heavy atom. The molecular weight excluding hydrogens is 362 g/mol. The first-order valence-electron chi connectivity index (χ1n) is 5.94. The second-order valence-corrected chi connectivity index (χ2v) is 9.82. The van der Waals surface area contributed by atoms with E-state index in [1.54, 1.807) is 12.1 Å². The van der Waals surface area contributed by atoms with Crippen LogP contribution in [-0.2, 0) is 15.4 Å². The number of sulfonamides is 1. The minimum Gasteiger partial charge on any atom is -0.280 e. The van der Waals surface area contributed by atoms with Crippen LogP contribution in [0.1, 0.15) is 32.0 Å². The summed E-state index contributed by atoms with van der Waals surface area (Å²) in [6, 6.07) is 3.35. The molecule has 20 heavy (non-hydrogen) atoms. The monoisotopic (exact) mass is 377 g/mol. The molecule has 0 aromatic carbocycles. The third-order valence-corrected chi connectivity index (χ3v) is 6.69. The second kappa shape index (κ2) is 5.16. The van der Waals surface area contributed by atoms with Gasteiger partial charge in [0.2, 0.25) is 0 Å². The molecule has 8 heteroatoms. The summed E-state index contributed by atoms with van der Waals surface area (Å²) in [6.45, 7) is 7.93. The molecule has 0 radical (unpaired) electrons. The van der Waals surface area contributed by atoms with Gasteiger partial charge in [-0.15, -0.1) is 11.3 Å². The minimum atomic E-state index is -3.59. The molecule has 0 aliphatic carbocycles. The van der Waals surface area contributed by atoms with Crippen molar-refractivity contribution in [3.8, 4) is 0 Å². The van der Waals surface area contributed by atoms with E-state index in [9.17, 15) is 8.42 Å². The van der Waals surface area contributed by atoms with Gasteiger partial charge in [-0.05, 0) is 34.5 Å². The molecule has 0 aliphatic rings. The van der Waals surface area contributed by atoms with Crippen LogP contribution >= 0.6 is 27.3 Å². The van der Waals surface area contributed by atoms with Gasteiger partial charge in [-0.1, -0.05) is 20.8 Å². The topological polar surface area (TPSA) is 74.8 Å². The van der Waals surface area contributed by atoms with E-state index in [4.69, 9.17) is 0 Å². The Bertz CT molecular complexity index is 707. The van der Waals surface area contributed by atoms with Crippen LogP contribution in [0.4, 0.5) is 5.82 Å². The van der Waals surface area contributed by atoms with Gasteiger partial charge >= 0.3 is 0 Å². The number of thiophene rings is 1. The maximum atomic E-state index is 12.3. The maximum Gasteiger partial charge on any atom is 0.272 e. The average molecular weight is 378 g/mol. The Kier molecular flexibility index (Phi) is 4.01. The summed E-state index contributed by atoms with van der Waals surface area (Å²) in [5.74, 6) is 0.303. The van der Waals surface area contributed by atoms with Crippen molar-refractivity contribution < 1.29 is 8.42 Å². The van der Waals surface area contributed by atoms with Crippen LogP contribution in [0.5, 0.6) is 0 Å². The summed E-state index contributed by atoms with van der Waals surface area (Å²) in [5, 5.41) is 6.85. The highest BCUT2D eigenvalue weighted by Gasteiger charge is 2.22. The zero-order valence-electron chi connectivity index (χ0n) is 11.6. The van der Waals surface area contributed by atoms with Crippen molar-refractivity contribution in [2.75, 3.05) is 4.72 Å². The predicted octanol–water partition coefficient (Wildman–Crippen LogP) is 3.64. The lowest BCUT2D eigenvalue weighted by Crippen LogP contribution is -2.12. The maximum absolute atomic E-state index is 12.3. The van der Waals surface area contributed by atoms with Crippen LogP contribution < -0.4 is 4.72 Å². The predicted molar refractivity (Wildman–Crippen MR) is 84.9 cm³/mol. The van der Waals surface area contributed by atoms with Crippen molar-refractivity contribution in [3.05, 3.63) is 27.2 Å². The highest BCUT2D eigenvalue weighted by Crippen LogP contribution is 2.31. The first kappa shape index (κ1) is 15.5. The Balaban J connectivity index is 2.27. The number of aromatic nitrogens is 2. The number of hydrogen-bond acceptors (Lipinski definition) is 4. The third-order valence-electron chi connectivity index (χ3n) is 2.72. The molecule has 0 unspecified atom stereocenters. The van der Waals surface area contributed by atoms with Crippen molar-refractivity contribution in [3.63, 3.8) is 0 Å². The number of nitrogens with zero attached hydrogens (tertiary/aromatic N) is 1. The van der Waals surface area contributed by atoms with Crippen LogP contribution in [0.15, 0.2) is 20.1 Å². The van der Waals surface area contributed by atoms with E-state index in [1.165, 1.54) is 11.3 Å². The van der Waals surface area contributed by atoms with Crippen LogP contribution in [-0.4, -0.2) is 18.6 Å². The van der Waals surface area contributed by atoms with E-state index in [1.807, 2.05) is 27.7 Å². The van der Waals surface area contributed by atoms with Gasteiger partial charge in [-0.3, -0.25) is 9.82 Å². The Morgan fingerprint density at radius 3 is 2.45 bits per heavy atom. The number of rotatable bonds is 3. The third kappa shape index (κ3) is 3.24. The molecule has 2 aromatic heterocycles. The van der Waals surface area contributed by atoms with Gasteiger partial charge < -0.3 is 0 Å². The fraction of sp³-hybridized carbons (Fsp3) is 0.417. The highest BCUT2D eigenvalue weighted by atomic mass is 79.9. The molecule has 2 rings (SSSR count). The number of aryl methyl sites for hydroxylation is 1. The van der Waals surface area contributed by atoms with Gasteiger partial charge in [0.15, 0.2) is 5.82 Å². The molecule has 5 nitrogen and oxygen atoms in total. The number of aromatic amines is 1. The lowest BCUT2D eigenvalue weighted by molar-refractivity contribution is 0.567. The number of halogens is 1. The summed E-state index contributed by atoms with van der Waals surface area (Å²) in [6.07, 6.45) is 0. The first-order chi connectivity index (χ1) is 9.09. The zero-order valence-corrected chi connectivity index (χ0v) is 14.8. The van der Waals surface area contributed by atoms with Crippen molar-refractivity contribution >= 4 is 43.1 Å². The Hall–Kier alpha value is -0.860. The number of nitrogens with one attached hydrogen (secondary N) is 2. The molecule has 0 fully saturated rings. The summed E-state index contributed by atoms with van der Waals surface area (Å²) in [7, 11) is -3.59. The number of H-pyrrole nitrogens is 1. The van der Waals surface area contributed by atoms with Crippen molar-refractivity contribution in [2.45, 2.75) is 37.3 Å². The highest BCUT2D eigenvalue weighted by molar-refractivity contribution is 9.11. The smallest absolute Gasteiger partial charge is 0.272 e. The standard InChI is InChI=1S/C12H16BrN3O2S2/c1-7-5-10(19-11(7)13)20(17,18)16-9-6-8(14-15-9)12(2,3)4/h5-6H,1-4H3,(H2,14,15,16). The van der Waals surface area contributed by atoms with Crippen LogP contribution in [0.3, 0.4) is 0 Å². The van der Waals surface area contributed by atoms with Gasteiger partial charge in [-0.25, -0.2) is 8.42 Å². The summed E-state index contributed by atoms with van der Waals surface area (Å²) in [4.78, 5) is 0. The van der Waals surface area contributed by atoms with E-state index < -0.39 is 10.0 Å². The molecular formula is C12H16BrN3O2S2. The molecule has 0 bridgehead atoms. The molecule has 0 spiro atoms. The molecule has 0 atom stereocenters. The van der Waals surface area contributed by atoms with E-state index in [0.29, 0.717) is 5.82 Å². The number of anilines is 1. The zero-order chi connectivity index (χ0) is 15.1. The lowest BCUT2D eigenvalue weighted by atomic mass is 9.92. The van der Waals surface area contributed by atoms with Crippen LogP contribution in [0.2, 0.25) is 0 Å². The first-order valence-corrected chi connectivity index (χ1v) is 9.03. The SMILES string of the molecule is Cc1cc(S(=O)(=O)Nc2cc(C(C)(C)C)[nH]n2)sc1Br. The number of hydrogen-bond donors (Lipinski definition) is 2. The largest absolute Gasteiger partial charge is 0.280 e. The normalized spacial score (nSPS) is 12.7. The molecule has 110 valence electrons. The van der Waals surface area contributed by atoms with Gasteiger partial charge in [0.05, 0.1) is 3.79 Å². The van der Waals surface area contributed by atoms with Crippen molar-refractivity contribution in [1.29, 1.82) is 0 Å². The second-order valence-electron chi connectivity index (χ2n) is 5.54. The minimum absolute atomic E-state index is 0.112. The molecule has 0 aliphatic heterocycles. The van der Waals surface area contributed by atoms with Gasteiger partial charge in [0, 0.05) is 17.2 Å². The van der Waals surface area contributed by atoms with Crippen LogP contribution in [0, 0.1) is 6.92 Å². The molecule has 2 N–H and O–H groups in total. The van der Waals surface area contributed by atoms with Gasteiger partial charge in [-0.2, -0.15) is 5.10 Å². The summed E-state index contributed by atoms with van der Waals surface area (Å²) in [5.41, 5.74) is 1.66. The summed E-state index contributed by atoms with van der Waals surface area (Å²) >= 11 is 4.51. The van der Waals surface area contributed by atoms with E-state index in [-0.39, 0.29) is 9.62 Å². The van der Waals surface area contributed by atoms with E-state index >= 15 is 0 Å².